The number of nitro benzene ring substituents is 1. The lowest BCUT2D eigenvalue weighted by molar-refractivity contribution is -0.382. The highest BCUT2D eigenvalue weighted by molar-refractivity contribution is 7.26. The molecule has 0 saturated heterocycles. The highest BCUT2D eigenvalue weighted by atomic mass is 32.1. The molecule has 1 heterocycles. The van der Waals surface area contributed by atoms with Crippen LogP contribution in [0, 0.1) is 10.1 Å². The minimum absolute atomic E-state index is 0.177. The second-order valence-corrected chi connectivity index (χ2v) is 5.73. The van der Waals surface area contributed by atoms with Gasteiger partial charge in [0.05, 0.1) is 10.3 Å². The molecule has 3 aromatic carbocycles. The van der Waals surface area contributed by atoms with Crippen LogP contribution in [0.25, 0.3) is 30.9 Å². The monoisotopic (exact) mass is 279 g/mol. The summed E-state index contributed by atoms with van der Waals surface area (Å²) in [5.74, 6) is 0. The van der Waals surface area contributed by atoms with E-state index in [1.54, 1.807) is 17.4 Å². The van der Waals surface area contributed by atoms with Crippen molar-refractivity contribution in [2.24, 2.45) is 0 Å². The zero-order chi connectivity index (χ0) is 13.7. The third-order valence-electron chi connectivity index (χ3n) is 3.56. The maximum Gasteiger partial charge on any atom is 0.277 e. The zero-order valence-electron chi connectivity index (χ0n) is 10.4. The minimum Gasteiger partial charge on any atom is -0.258 e. The van der Waals surface area contributed by atoms with Crippen LogP contribution in [0.1, 0.15) is 0 Å². The Morgan fingerprint density at radius 1 is 0.850 bits per heavy atom. The Balaban J connectivity index is 2.33. The standard InChI is InChI=1S/C16H9NO2S/c18-17(19)14-9-13-11-6-3-4-8-15(11)20-16(13)12-7-2-1-5-10(12)14/h1-9H. The molecule has 1 aromatic heterocycles. The summed E-state index contributed by atoms with van der Waals surface area (Å²) < 4.78 is 2.28. The number of fused-ring (bicyclic) bond motifs is 5. The van der Waals surface area contributed by atoms with E-state index in [0.717, 1.165) is 25.6 Å². The zero-order valence-corrected chi connectivity index (χ0v) is 11.2. The summed E-state index contributed by atoms with van der Waals surface area (Å²) in [5, 5.41) is 15.0. The molecule has 0 aliphatic carbocycles. The molecule has 4 heteroatoms. The Kier molecular flexibility index (Phi) is 2.28. The molecule has 0 N–H and O–H groups in total. The lowest BCUT2D eigenvalue weighted by Crippen LogP contribution is -1.89. The third-order valence-corrected chi connectivity index (χ3v) is 4.78. The van der Waals surface area contributed by atoms with E-state index in [2.05, 4.69) is 6.07 Å². The van der Waals surface area contributed by atoms with E-state index in [-0.39, 0.29) is 10.6 Å². The van der Waals surface area contributed by atoms with Crippen molar-refractivity contribution < 1.29 is 4.92 Å². The molecule has 0 aliphatic heterocycles. The second kappa shape index (κ2) is 4.02. The van der Waals surface area contributed by atoms with Gasteiger partial charge in [-0.05, 0) is 12.1 Å². The van der Waals surface area contributed by atoms with Crippen LogP contribution in [-0.4, -0.2) is 4.92 Å². The van der Waals surface area contributed by atoms with Crippen molar-refractivity contribution in [3.63, 3.8) is 0 Å². The highest BCUT2D eigenvalue weighted by Gasteiger charge is 2.17. The molecule has 0 amide bonds. The molecule has 96 valence electrons. The molecular formula is C16H9NO2S. The van der Waals surface area contributed by atoms with E-state index in [0.29, 0.717) is 5.39 Å². The number of rotatable bonds is 1. The molecule has 3 nitrogen and oxygen atoms in total. The largest absolute Gasteiger partial charge is 0.277 e. The van der Waals surface area contributed by atoms with Crippen molar-refractivity contribution in [3.8, 4) is 0 Å². The number of nitro groups is 1. The fraction of sp³-hybridized carbons (Fsp3) is 0. The molecule has 0 spiro atoms. The van der Waals surface area contributed by atoms with E-state index in [1.165, 1.54) is 0 Å². The first-order valence-electron chi connectivity index (χ1n) is 6.23. The Morgan fingerprint density at radius 2 is 1.50 bits per heavy atom. The summed E-state index contributed by atoms with van der Waals surface area (Å²) in [4.78, 5) is 11.0. The predicted molar refractivity (Wildman–Crippen MR) is 83.5 cm³/mol. The Hall–Kier alpha value is -2.46. The number of non-ortho nitro benzene ring substituents is 1. The van der Waals surface area contributed by atoms with Crippen LogP contribution >= 0.6 is 11.3 Å². The molecule has 4 aromatic rings. The smallest absolute Gasteiger partial charge is 0.258 e. The molecule has 0 unspecified atom stereocenters. The molecule has 0 fully saturated rings. The van der Waals surface area contributed by atoms with Gasteiger partial charge in [-0.2, -0.15) is 0 Å². The summed E-state index contributed by atoms with van der Waals surface area (Å²) in [6, 6.07) is 17.3. The van der Waals surface area contributed by atoms with Gasteiger partial charge in [0.1, 0.15) is 0 Å². The molecular weight excluding hydrogens is 270 g/mol. The van der Waals surface area contributed by atoms with Crippen LogP contribution in [0.4, 0.5) is 5.69 Å². The molecule has 0 radical (unpaired) electrons. The van der Waals surface area contributed by atoms with E-state index in [9.17, 15) is 10.1 Å². The summed E-state index contributed by atoms with van der Waals surface area (Å²) >= 11 is 1.69. The second-order valence-electron chi connectivity index (χ2n) is 4.67. The van der Waals surface area contributed by atoms with Gasteiger partial charge in [0, 0.05) is 31.6 Å². The van der Waals surface area contributed by atoms with E-state index < -0.39 is 0 Å². The minimum atomic E-state index is -0.297. The van der Waals surface area contributed by atoms with Gasteiger partial charge in [0.25, 0.3) is 5.69 Å². The average Bonchev–Trinajstić information content (AvgIpc) is 2.85. The van der Waals surface area contributed by atoms with Crippen LogP contribution in [0.3, 0.4) is 0 Å². The van der Waals surface area contributed by atoms with Gasteiger partial charge in [-0.1, -0.05) is 36.4 Å². The first kappa shape index (κ1) is 11.4. The number of thiophene rings is 1. The normalized spacial score (nSPS) is 11.4. The lowest BCUT2D eigenvalue weighted by atomic mass is 10.0. The van der Waals surface area contributed by atoms with Gasteiger partial charge >= 0.3 is 0 Å². The Labute approximate surface area is 118 Å². The van der Waals surface area contributed by atoms with E-state index in [1.807, 2.05) is 42.5 Å². The Bertz CT molecular complexity index is 988. The molecule has 0 saturated carbocycles. The van der Waals surface area contributed by atoms with Crippen molar-refractivity contribution in [3.05, 3.63) is 64.7 Å². The maximum atomic E-state index is 11.3. The van der Waals surface area contributed by atoms with Crippen molar-refractivity contribution in [2.45, 2.75) is 0 Å². The first-order valence-corrected chi connectivity index (χ1v) is 7.05. The summed E-state index contributed by atoms with van der Waals surface area (Å²) in [5.41, 5.74) is 0.177. The lowest BCUT2D eigenvalue weighted by Gasteiger charge is -2.01. The van der Waals surface area contributed by atoms with Gasteiger partial charge in [0.2, 0.25) is 0 Å². The summed E-state index contributed by atoms with van der Waals surface area (Å²) in [6.45, 7) is 0. The topological polar surface area (TPSA) is 43.1 Å². The Morgan fingerprint density at radius 3 is 2.25 bits per heavy atom. The fourth-order valence-electron chi connectivity index (χ4n) is 2.68. The molecule has 20 heavy (non-hydrogen) atoms. The van der Waals surface area contributed by atoms with Crippen LogP contribution in [-0.2, 0) is 0 Å². The molecule has 0 atom stereocenters. The van der Waals surface area contributed by atoms with Crippen molar-refractivity contribution in [2.75, 3.05) is 0 Å². The number of benzene rings is 3. The maximum absolute atomic E-state index is 11.3. The SMILES string of the molecule is O=[N+]([O-])c1cc2c3ccccc3sc2c2ccccc12. The van der Waals surface area contributed by atoms with E-state index in [4.69, 9.17) is 0 Å². The molecule has 0 aliphatic rings. The average molecular weight is 279 g/mol. The van der Waals surface area contributed by atoms with Gasteiger partial charge in [0.15, 0.2) is 0 Å². The summed E-state index contributed by atoms with van der Waals surface area (Å²) in [6.07, 6.45) is 0. The van der Waals surface area contributed by atoms with Gasteiger partial charge < -0.3 is 0 Å². The number of nitrogens with zero attached hydrogens (tertiary/aromatic N) is 1. The van der Waals surface area contributed by atoms with Crippen molar-refractivity contribution >= 4 is 48.0 Å². The van der Waals surface area contributed by atoms with Gasteiger partial charge in [-0.15, -0.1) is 11.3 Å². The van der Waals surface area contributed by atoms with E-state index >= 15 is 0 Å². The number of hydrogen-bond acceptors (Lipinski definition) is 3. The molecule has 4 rings (SSSR count). The quantitative estimate of drug-likeness (QED) is 0.358. The first-order chi connectivity index (χ1) is 9.75. The van der Waals surface area contributed by atoms with Crippen LogP contribution in [0.15, 0.2) is 54.6 Å². The van der Waals surface area contributed by atoms with Crippen LogP contribution < -0.4 is 0 Å². The van der Waals surface area contributed by atoms with Crippen LogP contribution in [0.2, 0.25) is 0 Å². The predicted octanol–water partition coefficient (Wildman–Crippen LogP) is 5.12. The van der Waals surface area contributed by atoms with Crippen molar-refractivity contribution in [1.29, 1.82) is 0 Å². The third kappa shape index (κ3) is 1.45. The fourth-order valence-corrected chi connectivity index (χ4v) is 3.90. The van der Waals surface area contributed by atoms with Gasteiger partial charge in [-0.25, -0.2) is 0 Å². The van der Waals surface area contributed by atoms with Crippen LogP contribution in [0.5, 0.6) is 0 Å². The number of hydrogen-bond donors (Lipinski definition) is 0. The van der Waals surface area contributed by atoms with Crippen molar-refractivity contribution in [1.82, 2.24) is 0 Å². The highest BCUT2D eigenvalue weighted by Crippen LogP contribution is 2.41. The summed E-state index contributed by atoms with van der Waals surface area (Å²) in [7, 11) is 0. The molecule has 0 bridgehead atoms. The van der Waals surface area contributed by atoms with Gasteiger partial charge in [-0.3, -0.25) is 10.1 Å².